The molecular formula is C39H56O5. The third kappa shape index (κ3) is 7.23. The summed E-state index contributed by atoms with van der Waals surface area (Å²) in [5.74, 6) is -0.652. The molecule has 3 unspecified atom stereocenters. The Labute approximate surface area is 266 Å². The Kier molecular flexibility index (Phi) is 11.3. The molecule has 1 fully saturated rings. The van der Waals surface area contributed by atoms with Gasteiger partial charge in [0.15, 0.2) is 5.78 Å². The number of rotatable bonds is 14. The maximum atomic E-state index is 14.7. The molecule has 242 valence electrons. The van der Waals surface area contributed by atoms with Crippen LogP contribution in [0.3, 0.4) is 0 Å². The summed E-state index contributed by atoms with van der Waals surface area (Å²) in [6.45, 7) is 12.9. The minimum Gasteiger partial charge on any atom is -0.459 e. The fourth-order valence-corrected chi connectivity index (χ4v) is 8.27. The van der Waals surface area contributed by atoms with E-state index in [0.717, 1.165) is 31.3 Å². The number of hydrogen-bond acceptors (Lipinski definition) is 5. The Bertz CT molecular complexity index is 1230. The summed E-state index contributed by atoms with van der Waals surface area (Å²) >= 11 is 0. The van der Waals surface area contributed by atoms with Crippen molar-refractivity contribution >= 4 is 17.7 Å². The van der Waals surface area contributed by atoms with Gasteiger partial charge >= 0.3 is 11.9 Å². The first-order valence-corrected chi connectivity index (χ1v) is 17.3. The van der Waals surface area contributed by atoms with Gasteiger partial charge in [-0.2, -0.15) is 0 Å². The zero-order valence-corrected chi connectivity index (χ0v) is 28.2. The smallest absolute Gasteiger partial charge is 0.338 e. The highest BCUT2D eigenvalue weighted by Gasteiger charge is 2.64. The number of unbranched alkanes of at least 4 members (excludes halogenated alkanes) is 8. The highest BCUT2D eigenvalue weighted by molar-refractivity contribution is 5.93. The summed E-state index contributed by atoms with van der Waals surface area (Å²) in [6.07, 6.45) is 17.7. The van der Waals surface area contributed by atoms with E-state index in [1.807, 2.05) is 25.1 Å². The SMILES string of the molecule is CCCCCCCCCCCC(=O)O[C@]1(C)C[C@@H](C)C23C=C(C)CC2CC(COC(=O)c2ccccc2)=CC(C3=O)C1(C)C. The summed E-state index contributed by atoms with van der Waals surface area (Å²) in [6, 6.07) is 9.03. The molecule has 3 aliphatic rings. The van der Waals surface area contributed by atoms with Crippen LogP contribution < -0.4 is 0 Å². The van der Waals surface area contributed by atoms with Gasteiger partial charge in [-0.05, 0) is 69.1 Å². The molecule has 1 aromatic carbocycles. The van der Waals surface area contributed by atoms with Crippen molar-refractivity contribution in [3.63, 3.8) is 0 Å². The molecule has 4 rings (SSSR count). The molecule has 0 amide bonds. The summed E-state index contributed by atoms with van der Waals surface area (Å²) in [5, 5.41) is 0. The van der Waals surface area contributed by atoms with Crippen LogP contribution in [0.25, 0.3) is 0 Å². The van der Waals surface area contributed by atoms with E-state index in [9.17, 15) is 14.4 Å². The molecule has 1 aromatic rings. The van der Waals surface area contributed by atoms with E-state index in [4.69, 9.17) is 9.47 Å². The molecule has 0 aliphatic heterocycles. The third-order valence-corrected chi connectivity index (χ3v) is 11.2. The second-order valence-corrected chi connectivity index (χ2v) is 14.7. The minimum atomic E-state index is -0.818. The molecular weight excluding hydrogens is 548 g/mol. The van der Waals surface area contributed by atoms with Gasteiger partial charge in [0.25, 0.3) is 0 Å². The Morgan fingerprint density at radius 3 is 2.20 bits per heavy atom. The number of Topliss-reactive ketones (excluding diaryl/α,β-unsaturated/α-hetero) is 1. The van der Waals surface area contributed by atoms with Crippen LogP contribution in [-0.4, -0.2) is 29.9 Å². The maximum absolute atomic E-state index is 14.7. The van der Waals surface area contributed by atoms with Gasteiger partial charge in [-0.3, -0.25) is 9.59 Å². The zero-order valence-electron chi connectivity index (χ0n) is 28.2. The molecule has 5 heteroatoms. The molecule has 5 atom stereocenters. The number of fused-ring (bicyclic) bond motifs is 1. The standard InChI is InChI=1S/C39H56O5/c1-7-8-9-10-11-12-13-14-18-21-34(40)44-38(6)26-29(3)39-25-28(2)22-32(39)23-30(24-33(35(39)41)37(38,4)5)27-43-36(42)31-19-16-15-17-20-31/h15-17,19-20,24-25,29,32-33H,7-14,18,21-23,26-27H2,1-6H3/t29-,32?,33?,38-,39?/m1/s1. The molecule has 2 bridgehead atoms. The highest BCUT2D eigenvalue weighted by Crippen LogP contribution is 2.62. The summed E-state index contributed by atoms with van der Waals surface area (Å²) in [5.41, 5.74) is 0.650. The number of allylic oxidation sites excluding steroid dienone is 3. The van der Waals surface area contributed by atoms with Crippen molar-refractivity contribution in [2.75, 3.05) is 6.61 Å². The van der Waals surface area contributed by atoms with Crippen molar-refractivity contribution < 1.29 is 23.9 Å². The monoisotopic (exact) mass is 604 g/mol. The number of hydrogen-bond donors (Lipinski definition) is 0. The number of carbonyl (C=O) groups is 3. The van der Waals surface area contributed by atoms with Crippen LogP contribution in [0.15, 0.2) is 53.6 Å². The van der Waals surface area contributed by atoms with E-state index < -0.39 is 22.3 Å². The predicted octanol–water partition coefficient (Wildman–Crippen LogP) is 9.60. The van der Waals surface area contributed by atoms with E-state index in [0.29, 0.717) is 24.8 Å². The van der Waals surface area contributed by atoms with Crippen molar-refractivity contribution in [2.24, 2.45) is 28.6 Å². The van der Waals surface area contributed by atoms with E-state index in [2.05, 4.69) is 46.8 Å². The second kappa shape index (κ2) is 14.6. The van der Waals surface area contributed by atoms with E-state index in [1.165, 1.54) is 44.1 Å². The number of esters is 2. The van der Waals surface area contributed by atoms with E-state index in [-0.39, 0.29) is 36.2 Å². The maximum Gasteiger partial charge on any atom is 0.338 e. The van der Waals surface area contributed by atoms with Gasteiger partial charge in [0.05, 0.1) is 11.0 Å². The van der Waals surface area contributed by atoms with Crippen molar-refractivity contribution in [1.82, 2.24) is 0 Å². The minimum absolute atomic E-state index is 0.00634. The first-order valence-electron chi connectivity index (χ1n) is 17.3. The molecule has 0 saturated heterocycles. The highest BCUT2D eigenvalue weighted by atomic mass is 16.6. The number of carbonyl (C=O) groups excluding carboxylic acids is 3. The van der Waals surface area contributed by atoms with E-state index >= 15 is 0 Å². The number of ether oxygens (including phenoxy) is 2. The normalized spacial score (nSPS) is 29.1. The Morgan fingerprint density at radius 1 is 0.909 bits per heavy atom. The van der Waals surface area contributed by atoms with Crippen LogP contribution in [0.5, 0.6) is 0 Å². The van der Waals surface area contributed by atoms with E-state index in [1.54, 1.807) is 12.1 Å². The van der Waals surface area contributed by atoms with Crippen LogP contribution in [-0.2, 0) is 19.1 Å². The quantitative estimate of drug-likeness (QED) is 0.120. The fourth-order valence-electron chi connectivity index (χ4n) is 8.27. The van der Waals surface area contributed by atoms with Crippen LogP contribution in [0.2, 0.25) is 0 Å². The fraction of sp³-hybridized carbons (Fsp3) is 0.667. The van der Waals surface area contributed by atoms with Crippen LogP contribution >= 0.6 is 0 Å². The lowest BCUT2D eigenvalue weighted by Gasteiger charge is -2.46. The zero-order chi connectivity index (χ0) is 32.0. The molecule has 5 nitrogen and oxygen atoms in total. The lowest BCUT2D eigenvalue weighted by molar-refractivity contribution is -0.178. The topological polar surface area (TPSA) is 69.7 Å². The Hall–Kier alpha value is -2.69. The molecule has 0 N–H and O–H groups in total. The first kappa shape index (κ1) is 34.2. The van der Waals surface area contributed by atoms with Gasteiger partial charge in [0, 0.05) is 17.8 Å². The number of ketones is 1. The summed E-state index contributed by atoms with van der Waals surface area (Å²) < 4.78 is 12.2. The molecule has 1 saturated carbocycles. The molecule has 0 heterocycles. The largest absolute Gasteiger partial charge is 0.459 e. The van der Waals surface area contributed by atoms with Crippen molar-refractivity contribution in [3.05, 3.63) is 59.2 Å². The Balaban J connectivity index is 1.49. The van der Waals surface area contributed by atoms with Crippen LogP contribution in [0.1, 0.15) is 135 Å². The van der Waals surface area contributed by atoms with Crippen molar-refractivity contribution in [1.29, 1.82) is 0 Å². The second-order valence-electron chi connectivity index (χ2n) is 14.7. The predicted molar refractivity (Wildman–Crippen MR) is 176 cm³/mol. The molecule has 3 aliphatic carbocycles. The molecule has 0 radical (unpaired) electrons. The van der Waals surface area contributed by atoms with Crippen LogP contribution in [0.4, 0.5) is 0 Å². The van der Waals surface area contributed by atoms with Crippen molar-refractivity contribution in [2.45, 2.75) is 131 Å². The molecule has 1 spiro atoms. The Morgan fingerprint density at radius 2 is 1.55 bits per heavy atom. The summed E-state index contributed by atoms with van der Waals surface area (Å²) in [4.78, 5) is 40.9. The lowest BCUT2D eigenvalue weighted by Crippen LogP contribution is -2.50. The lowest BCUT2D eigenvalue weighted by atomic mass is 9.63. The average molecular weight is 605 g/mol. The summed E-state index contributed by atoms with van der Waals surface area (Å²) in [7, 11) is 0. The average Bonchev–Trinajstić information content (AvgIpc) is 3.26. The third-order valence-electron chi connectivity index (χ3n) is 11.2. The molecule has 44 heavy (non-hydrogen) atoms. The van der Waals surface area contributed by atoms with Gasteiger partial charge in [0.1, 0.15) is 12.2 Å². The van der Waals surface area contributed by atoms with Gasteiger partial charge in [-0.25, -0.2) is 4.79 Å². The van der Waals surface area contributed by atoms with Gasteiger partial charge in [-0.1, -0.05) is 115 Å². The molecule has 0 aromatic heterocycles. The van der Waals surface area contributed by atoms with Crippen LogP contribution in [0, 0.1) is 28.6 Å². The van der Waals surface area contributed by atoms with Gasteiger partial charge < -0.3 is 9.47 Å². The van der Waals surface area contributed by atoms with Gasteiger partial charge in [0.2, 0.25) is 0 Å². The first-order chi connectivity index (χ1) is 20.9. The van der Waals surface area contributed by atoms with Gasteiger partial charge in [-0.15, -0.1) is 0 Å². The number of benzene rings is 1. The van der Waals surface area contributed by atoms with Crippen molar-refractivity contribution in [3.8, 4) is 0 Å².